The lowest BCUT2D eigenvalue weighted by Gasteiger charge is -2.18. The maximum atomic E-state index is 12.6. The van der Waals surface area contributed by atoms with Crippen molar-refractivity contribution in [2.24, 2.45) is 0 Å². The molecule has 3 nitrogen and oxygen atoms in total. The molecule has 9 heteroatoms. The van der Waals surface area contributed by atoms with E-state index in [1.165, 1.54) is 5.32 Å². The van der Waals surface area contributed by atoms with Gasteiger partial charge in [0.25, 0.3) is 0 Å². The quantitative estimate of drug-likeness (QED) is 0.649. The Hall–Kier alpha value is -1.57. The SMILES string of the molecule is Nc1ccc(NC(=O)C(F)(F)C(F)(F)F)cc1Cl. The van der Waals surface area contributed by atoms with Gasteiger partial charge >= 0.3 is 18.0 Å². The smallest absolute Gasteiger partial charge is 0.398 e. The first-order chi connectivity index (χ1) is 8.05. The second-order valence-electron chi connectivity index (χ2n) is 3.26. The van der Waals surface area contributed by atoms with Crippen molar-refractivity contribution in [3.8, 4) is 0 Å². The molecule has 0 saturated heterocycles. The molecule has 1 aromatic rings. The molecule has 0 atom stereocenters. The molecule has 0 saturated carbocycles. The standard InChI is InChI=1S/C9H6ClF5N2O/c10-5-3-4(1-2-6(5)16)17-7(18)8(11,12)9(13,14)15/h1-3H,16H2,(H,17,18). The lowest BCUT2D eigenvalue weighted by molar-refractivity contribution is -0.267. The van der Waals surface area contributed by atoms with Gasteiger partial charge in [-0.3, -0.25) is 4.79 Å². The molecule has 0 unspecified atom stereocenters. The highest BCUT2D eigenvalue weighted by molar-refractivity contribution is 6.33. The van der Waals surface area contributed by atoms with Crippen LogP contribution in [0.2, 0.25) is 5.02 Å². The van der Waals surface area contributed by atoms with Crippen LogP contribution in [-0.2, 0) is 4.79 Å². The summed E-state index contributed by atoms with van der Waals surface area (Å²) in [6, 6.07) is 3.16. The molecule has 0 aliphatic heterocycles. The summed E-state index contributed by atoms with van der Waals surface area (Å²) in [6.45, 7) is 0. The monoisotopic (exact) mass is 288 g/mol. The molecule has 0 aliphatic rings. The van der Waals surface area contributed by atoms with Crippen LogP contribution in [0.1, 0.15) is 0 Å². The van der Waals surface area contributed by atoms with Crippen LogP contribution in [-0.4, -0.2) is 18.0 Å². The summed E-state index contributed by atoms with van der Waals surface area (Å²) < 4.78 is 60.8. The van der Waals surface area contributed by atoms with Crippen molar-refractivity contribution >= 4 is 28.9 Å². The normalized spacial score (nSPS) is 12.3. The van der Waals surface area contributed by atoms with Crippen molar-refractivity contribution in [1.82, 2.24) is 0 Å². The molecule has 18 heavy (non-hydrogen) atoms. The Bertz CT molecular complexity index is 475. The van der Waals surface area contributed by atoms with Crippen molar-refractivity contribution in [2.75, 3.05) is 11.1 Å². The van der Waals surface area contributed by atoms with Gasteiger partial charge in [-0.05, 0) is 18.2 Å². The van der Waals surface area contributed by atoms with E-state index in [4.69, 9.17) is 17.3 Å². The van der Waals surface area contributed by atoms with Crippen molar-refractivity contribution in [2.45, 2.75) is 12.1 Å². The predicted octanol–water partition coefficient (Wildman–Crippen LogP) is 3.06. The summed E-state index contributed by atoms with van der Waals surface area (Å²) in [6.07, 6.45) is -5.96. The fourth-order valence-electron chi connectivity index (χ4n) is 0.943. The lowest BCUT2D eigenvalue weighted by Crippen LogP contribution is -2.47. The highest BCUT2D eigenvalue weighted by atomic mass is 35.5. The third kappa shape index (κ3) is 2.81. The van der Waals surface area contributed by atoms with Crippen LogP contribution in [0.15, 0.2) is 18.2 Å². The zero-order valence-electron chi connectivity index (χ0n) is 8.49. The van der Waals surface area contributed by atoms with E-state index in [1.807, 2.05) is 0 Å². The number of nitrogens with one attached hydrogen (secondary N) is 1. The molecular weight excluding hydrogens is 283 g/mol. The summed E-state index contributed by atoms with van der Waals surface area (Å²) >= 11 is 5.52. The molecule has 100 valence electrons. The van der Waals surface area contributed by atoms with Crippen LogP contribution in [0, 0.1) is 0 Å². The number of benzene rings is 1. The number of anilines is 2. The summed E-state index contributed by atoms with van der Waals surface area (Å²) in [4.78, 5) is 10.8. The first-order valence-electron chi connectivity index (χ1n) is 4.36. The predicted molar refractivity (Wildman–Crippen MR) is 55.5 cm³/mol. The van der Waals surface area contributed by atoms with Gasteiger partial charge in [-0.1, -0.05) is 11.6 Å². The summed E-state index contributed by atoms with van der Waals surface area (Å²) in [5.74, 6) is -7.98. The van der Waals surface area contributed by atoms with Crippen LogP contribution < -0.4 is 11.1 Å². The van der Waals surface area contributed by atoms with E-state index in [1.54, 1.807) is 0 Å². The molecule has 0 fully saturated rings. The minimum absolute atomic E-state index is 0.0804. The molecule has 0 bridgehead atoms. The van der Waals surface area contributed by atoms with Crippen LogP contribution >= 0.6 is 11.6 Å². The minimum atomic E-state index is -5.96. The summed E-state index contributed by atoms with van der Waals surface area (Å²) in [5, 5.41) is 1.33. The van der Waals surface area contributed by atoms with E-state index < -0.39 is 18.0 Å². The van der Waals surface area contributed by atoms with E-state index in [-0.39, 0.29) is 16.4 Å². The topological polar surface area (TPSA) is 55.1 Å². The Morgan fingerprint density at radius 1 is 1.22 bits per heavy atom. The zero-order chi connectivity index (χ0) is 14.1. The molecule has 0 aliphatic carbocycles. The lowest BCUT2D eigenvalue weighted by atomic mass is 10.2. The second kappa shape index (κ2) is 4.60. The molecule has 0 radical (unpaired) electrons. The van der Waals surface area contributed by atoms with Crippen molar-refractivity contribution in [1.29, 1.82) is 0 Å². The van der Waals surface area contributed by atoms with E-state index in [9.17, 15) is 26.7 Å². The number of nitrogens with two attached hydrogens (primary N) is 1. The Balaban J connectivity index is 2.91. The Labute approximate surface area is 103 Å². The third-order valence-corrected chi connectivity index (χ3v) is 2.23. The van der Waals surface area contributed by atoms with Crippen molar-refractivity contribution < 1.29 is 26.7 Å². The largest absolute Gasteiger partial charge is 0.463 e. The molecule has 1 amide bonds. The molecule has 0 spiro atoms. The van der Waals surface area contributed by atoms with Crippen LogP contribution in [0.3, 0.4) is 0 Å². The first-order valence-corrected chi connectivity index (χ1v) is 4.74. The van der Waals surface area contributed by atoms with Gasteiger partial charge in [0, 0.05) is 5.69 Å². The van der Waals surface area contributed by atoms with E-state index in [2.05, 4.69) is 0 Å². The fourth-order valence-corrected chi connectivity index (χ4v) is 1.12. The van der Waals surface area contributed by atoms with E-state index in [0.29, 0.717) is 0 Å². The molecule has 0 heterocycles. The number of carbonyl (C=O) groups excluding carboxylic acids is 1. The van der Waals surface area contributed by atoms with Gasteiger partial charge in [0.1, 0.15) is 0 Å². The minimum Gasteiger partial charge on any atom is -0.398 e. The number of hydrogen-bond donors (Lipinski definition) is 2. The van der Waals surface area contributed by atoms with Crippen molar-refractivity contribution in [3.63, 3.8) is 0 Å². The van der Waals surface area contributed by atoms with Crippen molar-refractivity contribution in [3.05, 3.63) is 23.2 Å². The number of halogens is 6. The maximum absolute atomic E-state index is 12.6. The fraction of sp³-hybridized carbons (Fsp3) is 0.222. The molecule has 0 aromatic heterocycles. The Morgan fingerprint density at radius 3 is 2.22 bits per heavy atom. The van der Waals surface area contributed by atoms with Crippen LogP contribution in [0.5, 0.6) is 0 Å². The van der Waals surface area contributed by atoms with E-state index in [0.717, 1.165) is 18.2 Å². The molecular formula is C9H6ClF5N2O. The zero-order valence-corrected chi connectivity index (χ0v) is 9.24. The average Bonchev–Trinajstić information content (AvgIpc) is 2.21. The number of hydrogen-bond acceptors (Lipinski definition) is 2. The molecule has 1 aromatic carbocycles. The highest BCUT2D eigenvalue weighted by Crippen LogP contribution is 2.36. The maximum Gasteiger partial charge on any atom is 0.463 e. The van der Waals surface area contributed by atoms with Gasteiger partial charge < -0.3 is 11.1 Å². The Kier molecular flexibility index (Phi) is 3.70. The van der Waals surface area contributed by atoms with Gasteiger partial charge in [0.15, 0.2) is 0 Å². The molecule has 3 N–H and O–H groups in total. The average molecular weight is 289 g/mol. The second-order valence-corrected chi connectivity index (χ2v) is 3.67. The van der Waals surface area contributed by atoms with Gasteiger partial charge in [0.05, 0.1) is 10.7 Å². The van der Waals surface area contributed by atoms with Crippen LogP contribution in [0.25, 0.3) is 0 Å². The van der Waals surface area contributed by atoms with Gasteiger partial charge in [-0.25, -0.2) is 0 Å². The number of rotatable bonds is 2. The first kappa shape index (κ1) is 14.5. The number of carbonyl (C=O) groups is 1. The van der Waals surface area contributed by atoms with Gasteiger partial charge in [-0.15, -0.1) is 0 Å². The van der Waals surface area contributed by atoms with E-state index >= 15 is 0 Å². The third-order valence-electron chi connectivity index (χ3n) is 1.90. The molecule has 1 rings (SSSR count). The van der Waals surface area contributed by atoms with Gasteiger partial charge in [0.2, 0.25) is 0 Å². The Morgan fingerprint density at radius 2 is 1.78 bits per heavy atom. The van der Waals surface area contributed by atoms with Gasteiger partial charge in [-0.2, -0.15) is 22.0 Å². The summed E-state index contributed by atoms with van der Waals surface area (Å²) in [7, 11) is 0. The highest BCUT2D eigenvalue weighted by Gasteiger charge is 2.63. The van der Waals surface area contributed by atoms with Crippen LogP contribution in [0.4, 0.5) is 33.3 Å². The number of nitrogen functional groups attached to an aromatic ring is 1. The summed E-state index contributed by atoms with van der Waals surface area (Å²) in [5.41, 5.74) is 5.08. The number of alkyl halides is 5. The number of amides is 1.